The number of hydrogen-bond donors (Lipinski definition) is 1. The van der Waals surface area contributed by atoms with Crippen LogP contribution in [0.2, 0.25) is 0 Å². The standard InChI is InChI=1S/C14H21NO4/c16-12(17)8-3-1-2-4-9-15-13(18)10-6-5-7-11(10)14(15)19/h10-11H,1-9H2,(H,16,17). The fourth-order valence-corrected chi connectivity index (χ4v) is 3.18. The van der Waals surface area contributed by atoms with Gasteiger partial charge in [-0.2, -0.15) is 0 Å². The Morgan fingerprint density at radius 3 is 2.21 bits per heavy atom. The van der Waals surface area contributed by atoms with Crippen LogP contribution in [0.3, 0.4) is 0 Å². The molecule has 0 radical (unpaired) electrons. The van der Waals surface area contributed by atoms with Crippen LogP contribution in [-0.2, 0) is 14.4 Å². The summed E-state index contributed by atoms with van der Waals surface area (Å²) in [4.78, 5) is 35.8. The van der Waals surface area contributed by atoms with Gasteiger partial charge in [-0.15, -0.1) is 0 Å². The van der Waals surface area contributed by atoms with Gasteiger partial charge in [-0.1, -0.05) is 19.3 Å². The lowest BCUT2D eigenvalue weighted by Crippen LogP contribution is -2.32. The van der Waals surface area contributed by atoms with Crippen LogP contribution >= 0.6 is 0 Å². The van der Waals surface area contributed by atoms with Gasteiger partial charge in [-0.3, -0.25) is 19.3 Å². The molecule has 2 atom stereocenters. The highest BCUT2D eigenvalue weighted by atomic mass is 16.4. The van der Waals surface area contributed by atoms with Crippen molar-refractivity contribution in [2.24, 2.45) is 11.8 Å². The highest BCUT2D eigenvalue weighted by Crippen LogP contribution is 2.39. The number of carboxylic acid groups (broad SMARTS) is 1. The quantitative estimate of drug-likeness (QED) is 0.564. The van der Waals surface area contributed by atoms with Crippen LogP contribution in [0.4, 0.5) is 0 Å². The summed E-state index contributed by atoms with van der Waals surface area (Å²) in [5, 5.41) is 8.51. The summed E-state index contributed by atoms with van der Waals surface area (Å²) in [6.45, 7) is 0.512. The number of nitrogens with zero attached hydrogens (tertiary/aromatic N) is 1. The molecule has 0 aromatic carbocycles. The maximum Gasteiger partial charge on any atom is 0.303 e. The monoisotopic (exact) mass is 267 g/mol. The normalized spacial score (nSPS) is 26.0. The Morgan fingerprint density at radius 1 is 1.05 bits per heavy atom. The summed E-state index contributed by atoms with van der Waals surface area (Å²) in [6, 6.07) is 0. The predicted octanol–water partition coefficient (Wildman–Crippen LogP) is 1.81. The van der Waals surface area contributed by atoms with Crippen molar-refractivity contribution in [3.63, 3.8) is 0 Å². The molecule has 2 aliphatic rings. The fourth-order valence-electron chi connectivity index (χ4n) is 3.18. The van der Waals surface area contributed by atoms with Gasteiger partial charge in [0.2, 0.25) is 11.8 Å². The van der Waals surface area contributed by atoms with E-state index < -0.39 is 5.97 Å². The number of amides is 2. The van der Waals surface area contributed by atoms with Gasteiger partial charge >= 0.3 is 5.97 Å². The maximum absolute atomic E-state index is 12.0. The van der Waals surface area contributed by atoms with Crippen molar-refractivity contribution in [2.45, 2.75) is 51.4 Å². The largest absolute Gasteiger partial charge is 0.481 e. The summed E-state index contributed by atoms with van der Waals surface area (Å²) in [5.41, 5.74) is 0. The number of hydrogen-bond acceptors (Lipinski definition) is 3. The van der Waals surface area contributed by atoms with E-state index >= 15 is 0 Å². The van der Waals surface area contributed by atoms with E-state index in [0.29, 0.717) is 13.0 Å². The van der Waals surface area contributed by atoms with Crippen molar-refractivity contribution in [1.82, 2.24) is 4.90 Å². The molecular formula is C14H21NO4. The van der Waals surface area contributed by atoms with E-state index in [1.807, 2.05) is 0 Å². The van der Waals surface area contributed by atoms with E-state index in [-0.39, 0.29) is 30.1 Å². The number of likely N-dealkylation sites (tertiary alicyclic amines) is 1. The number of carbonyl (C=O) groups excluding carboxylic acids is 2. The summed E-state index contributed by atoms with van der Waals surface area (Å²) in [5.74, 6) is -0.798. The third-order valence-corrected chi connectivity index (χ3v) is 4.20. The first kappa shape index (κ1) is 14.0. The highest BCUT2D eigenvalue weighted by Gasteiger charge is 2.49. The molecule has 2 fully saturated rings. The van der Waals surface area contributed by atoms with E-state index in [9.17, 15) is 14.4 Å². The predicted molar refractivity (Wildman–Crippen MR) is 68.3 cm³/mol. The second kappa shape index (κ2) is 6.17. The molecular weight excluding hydrogens is 246 g/mol. The van der Waals surface area contributed by atoms with E-state index in [4.69, 9.17) is 5.11 Å². The Bertz CT molecular complexity index is 358. The molecule has 1 saturated heterocycles. The molecule has 1 heterocycles. The first-order valence-electron chi connectivity index (χ1n) is 7.18. The molecule has 19 heavy (non-hydrogen) atoms. The lowest BCUT2D eigenvalue weighted by Gasteiger charge is -2.15. The van der Waals surface area contributed by atoms with Crippen LogP contribution in [0.5, 0.6) is 0 Å². The zero-order chi connectivity index (χ0) is 13.8. The van der Waals surface area contributed by atoms with Crippen molar-refractivity contribution in [2.75, 3.05) is 6.54 Å². The van der Waals surface area contributed by atoms with Crippen molar-refractivity contribution >= 4 is 17.8 Å². The number of unbranched alkanes of at least 4 members (excludes halogenated alkanes) is 3. The first-order valence-corrected chi connectivity index (χ1v) is 7.18. The number of fused-ring (bicyclic) bond motifs is 1. The van der Waals surface area contributed by atoms with Crippen LogP contribution in [0.25, 0.3) is 0 Å². The van der Waals surface area contributed by atoms with Crippen molar-refractivity contribution < 1.29 is 19.5 Å². The molecule has 1 aliphatic carbocycles. The van der Waals surface area contributed by atoms with Gasteiger partial charge in [0, 0.05) is 13.0 Å². The summed E-state index contributed by atoms with van der Waals surface area (Å²) < 4.78 is 0. The average molecular weight is 267 g/mol. The molecule has 5 nitrogen and oxygen atoms in total. The topological polar surface area (TPSA) is 74.7 Å². The molecule has 5 heteroatoms. The van der Waals surface area contributed by atoms with Gasteiger partial charge < -0.3 is 5.11 Å². The second-order valence-corrected chi connectivity index (χ2v) is 5.53. The molecule has 0 aromatic heterocycles. The smallest absolute Gasteiger partial charge is 0.303 e. The van der Waals surface area contributed by atoms with E-state index in [1.54, 1.807) is 0 Å². The zero-order valence-corrected chi connectivity index (χ0v) is 11.1. The number of aliphatic carboxylic acids is 1. The third kappa shape index (κ3) is 3.14. The van der Waals surface area contributed by atoms with Crippen molar-refractivity contribution in [3.8, 4) is 0 Å². The van der Waals surface area contributed by atoms with Gasteiger partial charge in [0.15, 0.2) is 0 Å². The van der Waals surface area contributed by atoms with Gasteiger partial charge in [0.1, 0.15) is 0 Å². The minimum absolute atomic E-state index is 0.0260. The highest BCUT2D eigenvalue weighted by molar-refractivity contribution is 6.05. The maximum atomic E-state index is 12.0. The molecule has 0 bridgehead atoms. The van der Waals surface area contributed by atoms with Crippen LogP contribution in [-0.4, -0.2) is 34.3 Å². The SMILES string of the molecule is O=C(O)CCCCCCN1C(=O)C2CCCC2C1=O. The summed E-state index contributed by atoms with van der Waals surface area (Å²) in [6.07, 6.45) is 6.10. The fraction of sp³-hybridized carbons (Fsp3) is 0.786. The van der Waals surface area contributed by atoms with E-state index in [2.05, 4.69) is 0 Å². The number of carbonyl (C=O) groups is 3. The molecule has 2 unspecified atom stereocenters. The molecule has 1 aliphatic heterocycles. The third-order valence-electron chi connectivity index (χ3n) is 4.20. The van der Waals surface area contributed by atoms with Crippen molar-refractivity contribution in [3.05, 3.63) is 0 Å². The van der Waals surface area contributed by atoms with E-state index in [1.165, 1.54) is 4.90 Å². The minimum atomic E-state index is -0.766. The Morgan fingerprint density at radius 2 is 1.63 bits per heavy atom. The molecule has 106 valence electrons. The van der Waals surface area contributed by atoms with Crippen LogP contribution in [0, 0.1) is 11.8 Å². The second-order valence-electron chi connectivity index (χ2n) is 5.53. The van der Waals surface area contributed by atoms with Gasteiger partial charge in [-0.05, 0) is 25.7 Å². The Labute approximate surface area is 113 Å². The average Bonchev–Trinajstić information content (AvgIpc) is 2.92. The molecule has 0 aromatic rings. The Hall–Kier alpha value is -1.39. The molecule has 0 spiro atoms. The molecule has 1 saturated carbocycles. The number of rotatable bonds is 7. The minimum Gasteiger partial charge on any atom is -0.481 e. The zero-order valence-electron chi connectivity index (χ0n) is 11.1. The molecule has 2 rings (SSSR count). The van der Waals surface area contributed by atoms with E-state index in [0.717, 1.165) is 38.5 Å². The Kier molecular flexibility index (Phi) is 4.56. The number of carboxylic acids is 1. The van der Waals surface area contributed by atoms with Gasteiger partial charge in [-0.25, -0.2) is 0 Å². The Balaban J connectivity index is 1.68. The van der Waals surface area contributed by atoms with Crippen LogP contribution in [0.1, 0.15) is 51.4 Å². The lowest BCUT2D eigenvalue weighted by molar-refractivity contribution is -0.140. The summed E-state index contributed by atoms with van der Waals surface area (Å²) in [7, 11) is 0. The number of imide groups is 1. The van der Waals surface area contributed by atoms with Crippen molar-refractivity contribution in [1.29, 1.82) is 0 Å². The summed E-state index contributed by atoms with van der Waals surface area (Å²) >= 11 is 0. The van der Waals surface area contributed by atoms with Gasteiger partial charge in [0.25, 0.3) is 0 Å². The first-order chi connectivity index (χ1) is 9.11. The van der Waals surface area contributed by atoms with Crippen LogP contribution < -0.4 is 0 Å². The lowest BCUT2D eigenvalue weighted by atomic mass is 10.00. The van der Waals surface area contributed by atoms with Crippen LogP contribution in [0.15, 0.2) is 0 Å². The molecule has 1 N–H and O–H groups in total. The van der Waals surface area contributed by atoms with Gasteiger partial charge in [0.05, 0.1) is 11.8 Å². The molecule has 2 amide bonds.